The van der Waals surface area contributed by atoms with Crippen LogP contribution in [0, 0.1) is 0 Å². The predicted octanol–water partition coefficient (Wildman–Crippen LogP) is 21.2. The van der Waals surface area contributed by atoms with E-state index in [-0.39, 0.29) is 31.1 Å². The van der Waals surface area contributed by atoms with E-state index in [0.717, 1.165) is 83.5 Å². The molecule has 0 fully saturated rings. The van der Waals surface area contributed by atoms with E-state index in [1.165, 1.54) is 199 Å². The molecule has 0 N–H and O–H groups in total. The van der Waals surface area contributed by atoms with E-state index >= 15 is 0 Å². The molecule has 72 heavy (non-hydrogen) atoms. The lowest BCUT2D eigenvalue weighted by Gasteiger charge is -2.18. The summed E-state index contributed by atoms with van der Waals surface area (Å²) in [5, 5.41) is 0. The molecule has 0 aromatic heterocycles. The Morgan fingerprint density at radius 1 is 0.278 bits per heavy atom. The van der Waals surface area contributed by atoms with E-state index in [2.05, 4.69) is 81.5 Å². The zero-order valence-electron chi connectivity index (χ0n) is 47.9. The predicted molar refractivity (Wildman–Crippen MR) is 312 cm³/mol. The molecule has 0 heterocycles. The number of carbonyl (C=O) groups is 3. The van der Waals surface area contributed by atoms with Gasteiger partial charge in [0.2, 0.25) is 0 Å². The quantitative estimate of drug-likeness (QED) is 0.0261. The lowest BCUT2D eigenvalue weighted by molar-refractivity contribution is -0.167. The second kappa shape index (κ2) is 60.7. The van der Waals surface area contributed by atoms with Gasteiger partial charge in [-0.1, -0.05) is 255 Å². The Morgan fingerprint density at radius 2 is 0.500 bits per heavy atom. The highest BCUT2D eigenvalue weighted by atomic mass is 16.6. The van der Waals surface area contributed by atoms with Crippen molar-refractivity contribution in [2.45, 2.75) is 329 Å². The number of esters is 3. The number of carbonyl (C=O) groups excluding carboxylic acids is 3. The van der Waals surface area contributed by atoms with Crippen molar-refractivity contribution < 1.29 is 28.6 Å². The number of ether oxygens (including phenoxy) is 3. The third-order valence-electron chi connectivity index (χ3n) is 13.7. The maximum atomic E-state index is 12.9. The molecule has 0 radical (unpaired) electrons. The van der Waals surface area contributed by atoms with Crippen LogP contribution in [0.4, 0.5) is 0 Å². The van der Waals surface area contributed by atoms with E-state index in [1.807, 2.05) is 0 Å². The zero-order chi connectivity index (χ0) is 52.2. The molecule has 0 aliphatic rings. The molecular formula is C66H118O6. The number of allylic oxidation sites excluding steroid dienone is 10. The fourth-order valence-electron chi connectivity index (χ4n) is 8.97. The van der Waals surface area contributed by atoms with Crippen molar-refractivity contribution in [3.8, 4) is 0 Å². The van der Waals surface area contributed by atoms with Crippen molar-refractivity contribution in [3.63, 3.8) is 0 Å². The third kappa shape index (κ3) is 58.0. The number of unbranched alkanes of at least 4 members (excludes halogenated alkanes) is 36. The second-order valence-corrected chi connectivity index (χ2v) is 21.0. The number of hydrogen-bond donors (Lipinski definition) is 0. The van der Waals surface area contributed by atoms with Gasteiger partial charge in [-0.25, -0.2) is 0 Å². The first-order chi connectivity index (χ1) is 35.5. The molecule has 418 valence electrons. The van der Waals surface area contributed by atoms with Crippen molar-refractivity contribution >= 4 is 17.9 Å². The van der Waals surface area contributed by atoms with Crippen molar-refractivity contribution in [1.82, 2.24) is 0 Å². The molecule has 0 spiro atoms. The van der Waals surface area contributed by atoms with Crippen LogP contribution in [0.25, 0.3) is 0 Å². The summed E-state index contributed by atoms with van der Waals surface area (Å²) < 4.78 is 16.9. The molecule has 0 saturated carbocycles. The van der Waals surface area contributed by atoms with Gasteiger partial charge >= 0.3 is 17.9 Å². The summed E-state index contributed by atoms with van der Waals surface area (Å²) >= 11 is 0. The van der Waals surface area contributed by atoms with Gasteiger partial charge in [0.15, 0.2) is 6.10 Å². The SMILES string of the molecule is CCCCCCC/C=C\C/C=C\C/C=C\CCCCCCCCC(=O)OCC(COC(=O)CCCCCCC/C=C\CCCCCCCC)OC(=O)CCCCCCCCC/C=C\CCCCCCCCC. The van der Waals surface area contributed by atoms with Crippen LogP contribution in [0.2, 0.25) is 0 Å². The van der Waals surface area contributed by atoms with Gasteiger partial charge in [0.25, 0.3) is 0 Å². The molecule has 0 rings (SSSR count). The maximum Gasteiger partial charge on any atom is 0.306 e. The summed E-state index contributed by atoms with van der Waals surface area (Å²) in [6.07, 6.45) is 76.4. The van der Waals surface area contributed by atoms with Crippen molar-refractivity contribution in [3.05, 3.63) is 60.8 Å². The Hall–Kier alpha value is -2.89. The first-order valence-electron chi connectivity index (χ1n) is 31.3. The highest BCUT2D eigenvalue weighted by Gasteiger charge is 2.19. The smallest absolute Gasteiger partial charge is 0.306 e. The molecular weight excluding hydrogens is 889 g/mol. The maximum absolute atomic E-state index is 12.9. The van der Waals surface area contributed by atoms with Gasteiger partial charge in [0, 0.05) is 19.3 Å². The molecule has 1 atom stereocenters. The van der Waals surface area contributed by atoms with E-state index in [9.17, 15) is 14.4 Å². The third-order valence-corrected chi connectivity index (χ3v) is 13.7. The van der Waals surface area contributed by atoms with Crippen molar-refractivity contribution in [2.75, 3.05) is 13.2 Å². The standard InChI is InChI=1S/C66H118O6/c1-4-7-10-13-16-19-22-25-28-30-32-33-34-36-38-41-44-47-50-53-56-59-65(68)71-62-63(61-70-64(67)58-55-52-49-46-43-40-37-27-24-21-18-15-12-9-6-3)72-66(69)60-57-54-51-48-45-42-39-35-31-29-26-23-20-17-14-11-8-5-2/h22,25,27,29-32,34,36-37,63H,4-21,23-24,26,28,33,35,38-62H2,1-3H3/b25-22-,31-29-,32-30-,36-34-,37-27-. The molecule has 0 aliphatic carbocycles. The van der Waals surface area contributed by atoms with Gasteiger partial charge in [-0.3, -0.25) is 14.4 Å². The van der Waals surface area contributed by atoms with Crippen LogP contribution in [0.5, 0.6) is 0 Å². The monoisotopic (exact) mass is 1010 g/mol. The Kier molecular flexibility index (Phi) is 58.2. The fraction of sp³-hybridized carbons (Fsp3) is 0.803. The summed E-state index contributed by atoms with van der Waals surface area (Å²) in [4.78, 5) is 38.3. The van der Waals surface area contributed by atoms with Crippen LogP contribution in [0.3, 0.4) is 0 Å². The first kappa shape index (κ1) is 69.1. The summed E-state index contributed by atoms with van der Waals surface area (Å²) in [5.74, 6) is -0.893. The molecule has 6 heteroatoms. The Balaban J connectivity index is 4.39. The molecule has 0 bridgehead atoms. The van der Waals surface area contributed by atoms with Gasteiger partial charge in [-0.15, -0.1) is 0 Å². The van der Waals surface area contributed by atoms with Crippen molar-refractivity contribution in [1.29, 1.82) is 0 Å². The van der Waals surface area contributed by atoms with Gasteiger partial charge in [-0.05, 0) is 109 Å². The van der Waals surface area contributed by atoms with Crippen LogP contribution < -0.4 is 0 Å². The van der Waals surface area contributed by atoms with Crippen LogP contribution in [-0.4, -0.2) is 37.2 Å². The van der Waals surface area contributed by atoms with E-state index in [1.54, 1.807) is 0 Å². The van der Waals surface area contributed by atoms with E-state index in [0.29, 0.717) is 19.3 Å². The lowest BCUT2D eigenvalue weighted by atomic mass is 10.1. The minimum absolute atomic E-state index is 0.0832. The lowest BCUT2D eigenvalue weighted by Crippen LogP contribution is -2.30. The average Bonchev–Trinajstić information content (AvgIpc) is 3.38. The second-order valence-electron chi connectivity index (χ2n) is 21.0. The first-order valence-corrected chi connectivity index (χ1v) is 31.3. The average molecular weight is 1010 g/mol. The Morgan fingerprint density at radius 3 is 0.792 bits per heavy atom. The molecule has 0 aromatic carbocycles. The highest BCUT2D eigenvalue weighted by molar-refractivity contribution is 5.71. The van der Waals surface area contributed by atoms with Gasteiger partial charge < -0.3 is 14.2 Å². The van der Waals surface area contributed by atoms with Crippen LogP contribution in [0.1, 0.15) is 323 Å². The fourth-order valence-corrected chi connectivity index (χ4v) is 8.97. The molecule has 6 nitrogen and oxygen atoms in total. The topological polar surface area (TPSA) is 78.9 Å². The summed E-state index contributed by atoms with van der Waals surface area (Å²) in [7, 11) is 0. The molecule has 0 aromatic rings. The highest BCUT2D eigenvalue weighted by Crippen LogP contribution is 2.16. The normalized spacial score (nSPS) is 12.4. The summed E-state index contributed by atoms with van der Waals surface area (Å²) in [6.45, 7) is 6.64. The minimum Gasteiger partial charge on any atom is -0.462 e. The Bertz CT molecular complexity index is 1290. The van der Waals surface area contributed by atoms with Crippen molar-refractivity contribution in [2.24, 2.45) is 0 Å². The molecule has 0 saturated heterocycles. The van der Waals surface area contributed by atoms with E-state index < -0.39 is 6.10 Å². The summed E-state index contributed by atoms with van der Waals surface area (Å²) in [5.41, 5.74) is 0. The van der Waals surface area contributed by atoms with Gasteiger partial charge in [-0.2, -0.15) is 0 Å². The van der Waals surface area contributed by atoms with Gasteiger partial charge in [0.1, 0.15) is 13.2 Å². The van der Waals surface area contributed by atoms with Crippen LogP contribution >= 0.6 is 0 Å². The minimum atomic E-state index is -0.786. The van der Waals surface area contributed by atoms with Gasteiger partial charge in [0.05, 0.1) is 0 Å². The van der Waals surface area contributed by atoms with Crippen LogP contribution in [0.15, 0.2) is 60.8 Å². The molecule has 0 amide bonds. The molecule has 0 aliphatic heterocycles. The zero-order valence-corrected chi connectivity index (χ0v) is 47.9. The molecule has 1 unspecified atom stereocenters. The number of rotatable bonds is 57. The summed E-state index contributed by atoms with van der Waals surface area (Å²) in [6, 6.07) is 0. The van der Waals surface area contributed by atoms with E-state index in [4.69, 9.17) is 14.2 Å². The Labute approximate surface area is 447 Å². The largest absolute Gasteiger partial charge is 0.462 e. The number of hydrogen-bond acceptors (Lipinski definition) is 6. The van der Waals surface area contributed by atoms with Crippen LogP contribution in [-0.2, 0) is 28.6 Å².